The molecule has 0 aromatic carbocycles. The molecule has 0 unspecified atom stereocenters. The van der Waals surface area contributed by atoms with E-state index in [-0.39, 0.29) is 0 Å². The Bertz CT molecular complexity index is 264. The normalized spacial score (nSPS) is 19.2. The van der Waals surface area contributed by atoms with Gasteiger partial charge < -0.3 is 4.74 Å². The highest BCUT2D eigenvalue weighted by molar-refractivity contribution is 5.01. The maximum absolute atomic E-state index is 5.33. The lowest BCUT2D eigenvalue weighted by Gasteiger charge is -2.23. The van der Waals surface area contributed by atoms with Crippen molar-refractivity contribution in [3.05, 3.63) is 18.0 Å². The smallest absolute Gasteiger partial charge is 0.0566 e. The Morgan fingerprint density at radius 1 is 1.54 bits per heavy atom. The topological polar surface area (TPSA) is 27.1 Å². The van der Waals surface area contributed by atoms with E-state index in [1.165, 1.54) is 5.69 Å². The third-order valence-electron chi connectivity index (χ3n) is 2.65. The van der Waals surface area contributed by atoms with Crippen LogP contribution in [-0.4, -0.2) is 23.0 Å². The molecule has 0 saturated carbocycles. The first-order valence-electron chi connectivity index (χ1n) is 5.02. The summed E-state index contributed by atoms with van der Waals surface area (Å²) in [5.41, 5.74) is 1.34. The van der Waals surface area contributed by atoms with Crippen LogP contribution in [-0.2, 0) is 11.2 Å². The summed E-state index contributed by atoms with van der Waals surface area (Å²) in [7, 11) is 0. The SMILES string of the molecule is CCc1ccnn1C1CCOCC1. The second-order valence-electron chi connectivity index (χ2n) is 3.46. The minimum absolute atomic E-state index is 0.568. The molecule has 0 atom stereocenters. The summed E-state index contributed by atoms with van der Waals surface area (Å²) < 4.78 is 7.50. The van der Waals surface area contributed by atoms with E-state index in [4.69, 9.17) is 4.74 Å². The Morgan fingerprint density at radius 2 is 2.31 bits per heavy atom. The van der Waals surface area contributed by atoms with E-state index in [9.17, 15) is 0 Å². The van der Waals surface area contributed by atoms with Crippen molar-refractivity contribution < 1.29 is 4.74 Å². The van der Waals surface area contributed by atoms with Crippen molar-refractivity contribution >= 4 is 0 Å². The quantitative estimate of drug-likeness (QED) is 0.694. The molecule has 72 valence electrons. The van der Waals surface area contributed by atoms with Crippen molar-refractivity contribution in [2.75, 3.05) is 13.2 Å². The predicted octanol–water partition coefficient (Wildman–Crippen LogP) is 1.80. The van der Waals surface area contributed by atoms with E-state index >= 15 is 0 Å². The van der Waals surface area contributed by atoms with Crippen molar-refractivity contribution in [3.63, 3.8) is 0 Å². The van der Waals surface area contributed by atoms with Gasteiger partial charge in [-0.3, -0.25) is 4.68 Å². The lowest BCUT2D eigenvalue weighted by molar-refractivity contribution is 0.0655. The molecule has 0 spiro atoms. The van der Waals surface area contributed by atoms with Gasteiger partial charge in [0, 0.05) is 25.1 Å². The molecule has 0 N–H and O–H groups in total. The van der Waals surface area contributed by atoms with Crippen LogP contribution in [0.25, 0.3) is 0 Å². The van der Waals surface area contributed by atoms with Gasteiger partial charge in [0.25, 0.3) is 0 Å². The molecular formula is C10H16N2O. The van der Waals surface area contributed by atoms with Gasteiger partial charge in [-0.25, -0.2) is 0 Å². The first-order valence-corrected chi connectivity index (χ1v) is 5.02. The minimum atomic E-state index is 0.568. The molecule has 3 nitrogen and oxygen atoms in total. The van der Waals surface area contributed by atoms with Crippen LogP contribution in [0.2, 0.25) is 0 Å². The fraction of sp³-hybridized carbons (Fsp3) is 0.700. The molecule has 0 bridgehead atoms. The summed E-state index contributed by atoms with van der Waals surface area (Å²) in [6, 6.07) is 2.67. The molecule has 0 amide bonds. The van der Waals surface area contributed by atoms with Gasteiger partial charge in [-0.1, -0.05) is 6.92 Å². The summed E-state index contributed by atoms with van der Waals surface area (Å²) >= 11 is 0. The van der Waals surface area contributed by atoms with Crippen molar-refractivity contribution in [3.8, 4) is 0 Å². The van der Waals surface area contributed by atoms with Crippen LogP contribution in [0.4, 0.5) is 0 Å². The monoisotopic (exact) mass is 180 g/mol. The molecule has 1 aromatic heterocycles. The lowest BCUT2D eigenvalue weighted by atomic mass is 10.1. The molecule has 2 heterocycles. The number of aromatic nitrogens is 2. The predicted molar refractivity (Wildman–Crippen MR) is 50.7 cm³/mol. The highest BCUT2D eigenvalue weighted by Crippen LogP contribution is 2.21. The lowest BCUT2D eigenvalue weighted by Crippen LogP contribution is -2.21. The van der Waals surface area contributed by atoms with Crippen LogP contribution in [0.5, 0.6) is 0 Å². The van der Waals surface area contributed by atoms with Gasteiger partial charge in [0.15, 0.2) is 0 Å². The molecule has 13 heavy (non-hydrogen) atoms. The summed E-state index contributed by atoms with van der Waals surface area (Å²) in [6.45, 7) is 3.94. The van der Waals surface area contributed by atoms with Crippen LogP contribution in [0.3, 0.4) is 0 Å². The number of ether oxygens (including phenoxy) is 1. The zero-order valence-electron chi connectivity index (χ0n) is 8.07. The Balaban J connectivity index is 2.13. The van der Waals surface area contributed by atoms with E-state index in [2.05, 4.69) is 22.8 Å². The Labute approximate surface area is 78.7 Å². The number of hydrogen-bond acceptors (Lipinski definition) is 2. The molecule has 2 rings (SSSR count). The van der Waals surface area contributed by atoms with E-state index in [1.807, 2.05) is 6.20 Å². The number of nitrogens with zero attached hydrogens (tertiary/aromatic N) is 2. The van der Waals surface area contributed by atoms with Crippen LogP contribution >= 0.6 is 0 Å². The van der Waals surface area contributed by atoms with Crippen LogP contribution in [0.1, 0.15) is 31.5 Å². The molecule has 0 aliphatic carbocycles. The highest BCUT2D eigenvalue weighted by Gasteiger charge is 2.17. The van der Waals surface area contributed by atoms with Crippen molar-refractivity contribution in [2.45, 2.75) is 32.2 Å². The Hall–Kier alpha value is -0.830. The first kappa shape index (κ1) is 8.75. The average Bonchev–Trinajstić information content (AvgIpc) is 2.67. The van der Waals surface area contributed by atoms with Crippen molar-refractivity contribution in [1.29, 1.82) is 0 Å². The second-order valence-corrected chi connectivity index (χ2v) is 3.46. The van der Waals surface area contributed by atoms with Gasteiger partial charge in [-0.15, -0.1) is 0 Å². The maximum atomic E-state index is 5.33. The van der Waals surface area contributed by atoms with Crippen molar-refractivity contribution in [2.24, 2.45) is 0 Å². The fourth-order valence-corrected chi connectivity index (χ4v) is 1.88. The third kappa shape index (κ3) is 1.75. The Morgan fingerprint density at radius 3 is 3.00 bits per heavy atom. The first-order chi connectivity index (χ1) is 6.42. The van der Waals surface area contributed by atoms with E-state index in [1.54, 1.807) is 0 Å². The summed E-state index contributed by atoms with van der Waals surface area (Å²) in [6.07, 6.45) is 5.18. The highest BCUT2D eigenvalue weighted by atomic mass is 16.5. The van der Waals surface area contributed by atoms with Gasteiger partial charge >= 0.3 is 0 Å². The third-order valence-corrected chi connectivity index (χ3v) is 2.65. The molecule has 1 aliphatic rings. The largest absolute Gasteiger partial charge is 0.381 e. The maximum Gasteiger partial charge on any atom is 0.0566 e. The van der Waals surface area contributed by atoms with Gasteiger partial charge in [0.1, 0.15) is 0 Å². The van der Waals surface area contributed by atoms with Gasteiger partial charge in [0.05, 0.1) is 6.04 Å². The molecule has 1 aliphatic heterocycles. The van der Waals surface area contributed by atoms with Gasteiger partial charge in [-0.2, -0.15) is 5.10 Å². The van der Waals surface area contributed by atoms with Gasteiger partial charge in [-0.05, 0) is 25.3 Å². The second kappa shape index (κ2) is 3.92. The zero-order chi connectivity index (χ0) is 9.10. The number of rotatable bonds is 2. The number of hydrogen-bond donors (Lipinski definition) is 0. The van der Waals surface area contributed by atoms with Crippen LogP contribution < -0.4 is 0 Å². The Kier molecular flexibility index (Phi) is 2.64. The average molecular weight is 180 g/mol. The molecule has 1 aromatic rings. The standard InChI is InChI=1S/C10H16N2O/c1-2-9-3-6-11-12(9)10-4-7-13-8-5-10/h3,6,10H,2,4-5,7-8H2,1H3. The molecule has 1 fully saturated rings. The molecular weight excluding hydrogens is 164 g/mol. The molecule has 3 heteroatoms. The zero-order valence-corrected chi connectivity index (χ0v) is 8.07. The van der Waals surface area contributed by atoms with E-state index < -0.39 is 0 Å². The fourth-order valence-electron chi connectivity index (χ4n) is 1.88. The number of aryl methyl sites for hydroxylation is 1. The van der Waals surface area contributed by atoms with Crippen LogP contribution in [0.15, 0.2) is 12.3 Å². The summed E-state index contributed by atoms with van der Waals surface area (Å²) in [5, 5.41) is 4.37. The van der Waals surface area contributed by atoms with E-state index in [0.29, 0.717) is 6.04 Å². The van der Waals surface area contributed by atoms with Crippen LogP contribution in [0, 0.1) is 0 Å². The summed E-state index contributed by atoms with van der Waals surface area (Å²) in [5.74, 6) is 0. The summed E-state index contributed by atoms with van der Waals surface area (Å²) in [4.78, 5) is 0. The van der Waals surface area contributed by atoms with Crippen molar-refractivity contribution in [1.82, 2.24) is 9.78 Å². The molecule has 0 radical (unpaired) electrons. The minimum Gasteiger partial charge on any atom is -0.381 e. The van der Waals surface area contributed by atoms with Gasteiger partial charge in [0.2, 0.25) is 0 Å². The molecule has 1 saturated heterocycles. The van der Waals surface area contributed by atoms with E-state index in [0.717, 1.165) is 32.5 Å².